The van der Waals surface area contributed by atoms with Crippen LogP contribution < -0.4 is 4.90 Å². The number of anilines is 1. The molecule has 1 heterocycles. The van der Waals surface area contributed by atoms with Gasteiger partial charge in [-0.1, -0.05) is 17.7 Å². The highest BCUT2D eigenvalue weighted by atomic mass is 32.2. The third-order valence-corrected chi connectivity index (χ3v) is 4.31. The molecule has 0 bridgehead atoms. The quantitative estimate of drug-likeness (QED) is 0.625. The van der Waals surface area contributed by atoms with Crippen LogP contribution in [0.2, 0.25) is 0 Å². The van der Waals surface area contributed by atoms with E-state index in [0.717, 1.165) is 18.7 Å². The zero-order chi connectivity index (χ0) is 15.9. The summed E-state index contributed by atoms with van der Waals surface area (Å²) in [6.45, 7) is 2.82. The number of benzene rings is 1. The molecule has 0 saturated carbocycles. The van der Waals surface area contributed by atoms with E-state index in [1.165, 1.54) is 23.0 Å². The first-order valence-corrected chi connectivity index (χ1v) is 8.00. The van der Waals surface area contributed by atoms with Gasteiger partial charge in [-0.15, -0.1) is 11.8 Å². The molecule has 0 amide bonds. The molecule has 1 aromatic carbocycles. The molecule has 6 heteroatoms. The fourth-order valence-corrected chi connectivity index (χ4v) is 2.85. The van der Waals surface area contributed by atoms with Crippen LogP contribution in [0, 0.1) is 6.92 Å². The number of aryl methyl sites for hydroxylation is 1. The predicted molar refractivity (Wildman–Crippen MR) is 88.8 cm³/mol. The van der Waals surface area contributed by atoms with E-state index in [2.05, 4.69) is 41.2 Å². The van der Waals surface area contributed by atoms with Crippen molar-refractivity contribution < 1.29 is 9.90 Å². The molecule has 2 rings (SSSR count). The minimum absolute atomic E-state index is 0.135. The maximum Gasteiger partial charge on any atom is 0.341 e. The number of carbonyl (C=O) groups is 1. The van der Waals surface area contributed by atoms with Crippen molar-refractivity contribution in [1.82, 2.24) is 9.97 Å². The normalized spacial score (nSPS) is 10.5. The summed E-state index contributed by atoms with van der Waals surface area (Å²) >= 11 is 1.80. The first-order valence-electron chi connectivity index (χ1n) is 7.02. The number of carboxylic acids is 1. The molecule has 0 aliphatic carbocycles. The van der Waals surface area contributed by atoms with Crippen molar-refractivity contribution >= 4 is 23.5 Å². The molecule has 0 unspecified atom stereocenters. The Morgan fingerprint density at radius 3 is 2.73 bits per heavy atom. The summed E-state index contributed by atoms with van der Waals surface area (Å²) < 4.78 is 0. The van der Waals surface area contributed by atoms with Gasteiger partial charge in [-0.25, -0.2) is 14.8 Å². The van der Waals surface area contributed by atoms with E-state index >= 15 is 0 Å². The highest BCUT2D eigenvalue weighted by molar-refractivity contribution is 7.99. The Morgan fingerprint density at radius 1 is 1.32 bits per heavy atom. The Balaban J connectivity index is 1.84. The minimum atomic E-state index is -1.00. The summed E-state index contributed by atoms with van der Waals surface area (Å²) in [4.78, 5) is 22.1. The van der Waals surface area contributed by atoms with E-state index in [0.29, 0.717) is 5.82 Å². The highest BCUT2D eigenvalue weighted by Gasteiger charge is 2.14. The van der Waals surface area contributed by atoms with Crippen LogP contribution in [-0.2, 0) is 0 Å². The smallest absolute Gasteiger partial charge is 0.341 e. The van der Waals surface area contributed by atoms with Gasteiger partial charge in [0.25, 0.3) is 0 Å². The van der Waals surface area contributed by atoms with E-state index in [9.17, 15) is 4.79 Å². The van der Waals surface area contributed by atoms with Crippen LogP contribution in [0.3, 0.4) is 0 Å². The molecule has 0 saturated heterocycles. The van der Waals surface area contributed by atoms with E-state index in [4.69, 9.17) is 5.11 Å². The van der Waals surface area contributed by atoms with Gasteiger partial charge < -0.3 is 10.0 Å². The molecule has 2 aromatic rings. The summed E-state index contributed by atoms with van der Waals surface area (Å²) in [5.74, 6) is 0.431. The maximum absolute atomic E-state index is 11.2. The summed E-state index contributed by atoms with van der Waals surface area (Å²) in [6, 6.07) is 8.45. The molecule has 1 aromatic heterocycles. The van der Waals surface area contributed by atoms with Crippen LogP contribution in [0.5, 0.6) is 0 Å². The molecule has 116 valence electrons. The monoisotopic (exact) mass is 317 g/mol. The van der Waals surface area contributed by atoms with Gasteiger partial charge in [0.2, 0.25) is 0 Å². The molecule has 0 aliphatic rings. The topological polar surface area (TPSA) is 66.3 Å². The fraction of sp³-hybridized carbons (Fsp3) is 0.312. The molecule has 0 atom stereocenters. The van der Waals surface area contributed by atoms with Gasteiger partial charge in [0.15, 0.2) is 0 Å². The molecule has 0 radical (unpaired) electrons. The number of aromatic nitrogens is 2. The molecule has 0 fully saturated rings. The highest BCUT2D eigenvalue weighted by Crippen LogP contribution is 2.20. The standard InChI is InChI=1S/C16H19N3O2S/c1-12-4-6-13(7-5-12)22-9-3-8-19(2)15-14(16(20)21)10-17-11-18-15/h4-7,10-11H,3,8-9H2,1-2H3,(H,20,21). The zero-order valence-electron chi connectivity index (χ0n) is 12.7. The summed E-state index contributed by atoms with van der Waals surface area (Å²) in [5, 5.41) is 9.15. The third kappa shape index (κ3) is 4.46. The van der Waals surface area contributed by atoms with E-state index in [1.807, 2.05) is 11.9 Å². The number of hydrogen-bond donors (Lipinski definition) is 1. The van der Waals surface area contributed by atoms with Crippen LogP contribution in [-0.4, -0.2) is 40.4 Å². The lowest BCUT2D eigenvalue weighted by Gasteiger charge is -2.19. The zero-order valence-corrected chi connectivity index (χ0v) is 13.5. The number of nitrogens with zero attached hydrogens (tertiary/aromatic N) is 3. The van der Waals surface area contributed by atoms with Crippen molar-refractivity contribution in [1.29, 1.82) is 0 Å². The van der Waals surface area contributed by atoms with Gasteiger partial charge in [0.1, 0.15) is 17.7 Å². The second kappa shape index (κ2) is 7.79. The summed E-state index contributed by atoms with van der Waals surface area (Å²) in [7, 11) is 1.85. The summed E-state index contributed by atoms with van der Waals surface area (Å²) in [5.41, 5.74) is 1.39. The van der Waals surface area contributed by atoms with Crippen LogP contribution in [0.15, 0.2) is 41.7 Å². The average Bonchev–Trinajstić information content (AvgIpc) is 2.53. The van der Waals surface area contributed by atoms with Crippen LogP contribution >= 0.6 is 11.8 Å². The van der Waals surface area contributed by atoms with E-state index in [-0.39, 0.29) is 5.56 Å². The van der Waals surface area contributed by atoms with Gasteiger partial charge in [-0.2, -0.15) is 0 Å². The van der Waals surface area contributed by atoms with Crippen LogP contribution in [0.1, 0.15) is 22.3 Å². The van der Waals surface area contributed by atoms with Gasteiger partial charge in [0.05, 0.1) is 0 Å². The first kappa shape index (κ1) is 16.3. The van der Waals surface area contributed by atoms with E-state index < -0.39 is 5.97 Å². The van der Waals surface area contributed by atoms with Crippen molar-refractivity contribution in [2.24, 2.45) is 0 Å². The molecule has 5 nitrogen and oxygen atoms in total. The van der Waals surface area contributed by atoms with Crippen molar-refractivity contribution in [2.75, 3.05) is 24.2 Å². The second-order valence-corrected chi connectivity index (χ2v) is 6.17. The Labute approximate surface area is 134 Å². The minimum Gasteiger partial charge on any atom is -0.477 e. The van der Waals surface area contributed by atoms with Gasteiger partial charge in [0, 0.05) is 24.7 Å². The number of aromatic carboxylic acids is 1. The third-order valence-electron chi connectivity index (χ3n) is 3.21. The number of thioether (sulfide) groups is 1. The number of rotatable bonds is 7. The Morgan fingerprint density at radius 2 is 2.05 bits per heavy atom. The molecular formula is C16H19N3O2S. The van der Waals surface area contributed by atoms with Crippen LogP contribution in [0.25, 0.3) is 0 Å². The largest absolute Gasteiger partial charge is 0.477 e. The Bertz CT molecular complexity index is 632. The SMILES string of the molecule is Cc1ccc(SCCCN(C)c2ncncc2C(=O)O)cc1. The maximum atomic E-state index is 11.2. The lowest BCUT2D eigenvalue weighted by molar-refractivity contribution is 0.0696. The Kier molecular flexibility index (Phi) is 5.77. The molecule has 0 spiro atoms. The molecule has 22 heavy (non-hydrogen) atoms. The number of carboxylic acid groups (broad SMARTS) is 1. The second-order valence-electron chi connectivity index (χ2n) is 5.00. The van der Waals surface area contributed by atoms with Crippen LogP contribution in [0.4, 0.5) is 5.82 Å². The molecule has 1 N–H and O–H groups in total. The fourth-order valence-electron chi connectivity index (χ4n) is 2.01. The lowest BCUT2D eigenvalue weighted by atomic mass is 10.2. The predicted octanol–water partition coefficient (Wildman–Crippen LogP) is 3.10. The molecular weight excluding hydrogens is 298 g/mol. The van der Waals surface area contributed by atoms with Crippen molar-refractivity contribution in [3.63, 3.8) is 0 Å². The average molecular weight is 317 g/mol. The van der Waals surface area contributed by atoms with Gasteiger partial charge >= 0.3 is 5.97 Å². The lowest BCUT2D eigenvalue weighted by Crippen LogP contribution is -2.23. The summed E-state index contributed by atoms with van der Waals surface area (Å²) in [6.07, 6.45) is 3.65. The Hall–Kier alpha value is -2.08. The van der Waals surface area contributed by atoms with Crippen molar-refractivity contribution in [2.45, 2.75) is 18.2 Å². The van der Waals surface area contributed by atoms with E-state index in [1.54, 1.807) is 11.8 Å². The first-order chi connectivity index (χ1) is 10.6. The van der Waals surface area contributed by atoms with Crippen molar-refractivity contribution in [3.8, 4) is 0 Å². The van der Waals surface area contributed by atoms with Gasteiger partial charge in [-0.05, 0) is 31.2 Å². The van der Waals surface area contributed by atoms with Gasteiger partial charge in [-0.3, -0.25) is 0 Å². The van der Waals surface area contributed by atoms with Crippen molar-refractivity contribution in [3.05, 3.63) is 47.9 Å². The number of hydrogen-bond acceptors (Lipinski definition) is 5. The molecule has 0 aliphatic heterocycles.